The van der Waals surface area contributed by atoms with Gasteiger partial charge in [-0.3, -0.25) is 0 Å². The summed E-state index contributed by atoms with van der Waals surface area (Å²) in [4.78, 5) is 11.7. The Kier molecular flexibility index (Phi) is 2.61. The summed E-state index contributed by atoms with van der Waals surface area (Å²) >= 11 is 0. The molecule has 2 aromatic rings. The van der Waals surface area contributed by atoms with Crippen molar-refractivity contribution in [3.63, 3.8) is 0 Å². The van der Waals surface area contributed by atoms with Crippen molar-refractivity contribution in [2.45, 2.75) is 25.1 Å². The van der Waals surface area contributed by atoms with E-state index in [9.17, 15) is 26.7 Å². The lowest BCUT2D eigenvalue weighted by Gasteiger charge is -2.26. The van der Waals surface area contributed by atoms with Crippen molar-refractivity contribution in [1.29, 1.82) is 0 Å². The van der Waals surface area contributed by atoms with E-state index in [4.69, 9.17) is 4.74 Å². The Morgan fingerprint density at radius 1 is 1.24 bits per heavy atom. The molecule has 21 heavy (non-hydrogen) atoms. The fourth-order valence-corrected chi connectivity index (χ4v) is 2.29. The predicted molar refractivity (Wildman–Crippen MR) is 61.2 cm³/mol. The quantitative estimate of drug-likeness (QED) is 0.553. The Morgan fingerprint density at radius 3 is 2.52 bits per heavy atom. The number of benzene rings is 1. The molecule has 0 fully saturated rings. The summed E-state index contributed by atoms with van der Waals surface area (Å²) in [6, 6.07) is 1.81. The molecular weight excluding hydrogens is 299 g/mol. The highest BCUT2D eigenvalue weighted by molar-refractivity contribution is 5.83. The smallest absolute Gasteiger partial charge is 0.428 e. The minimum atomic E-state index is -4.73. The number of hydrogen-bond donors (Lipinski definition) is 0. The number of fused-ring (bicyclic) bond motifs is 3. The highest BCUT2D eigenvalue weighted by atomic mass is 19.4. The molecule has 0 saturated heterocycles. The Morgan fingerprint density at radius 2 is 1.90 bits per heavy atom. The third-order valence-electron chi connectivity index (χ3n) is 3.47. The number of halogens is 5. The molecule has 1 aromatic carbocycles. The van der Waals surface area contributed by atoms with E-state index in [-0.39, 0.29) is 10.9 Å². The zero-order chi connectivity index (χ0) is 15.6. The minimum absolute atomic E-state index is 0.114. The maximum absolute atomic E-state index is 13.6. The van der Waals surface area contributed by atoms with Crippen molar-refractivity contribution in [2.24, 2.45) is 0 Å². The van der Waals surface area contributed by atoms with Crippen molar-refractivity contribution in [2.75, 3.05) is 0 Å². The van der Waals surface area contributed by atoms with Gasteiger partial charge >= 0.3 is 11.8 Å². The van der Waals surface area contributed by atoms with Crippen molar-refractivity contribution in [1.82, 2.24) is 0 Å². The van der Waals surface area contributed by atoms with Crippen molar-refractivity contribution in [3.05, 3.63) is 39.8 Å². The molecule has 1 aromatic heterocycles. The van der Waals surface area contributed by atoms with E-state index in [0.29, 0.717) is 0 Å². The average Bonchev–Trinajstić information content (AvgIpc) is 2.74. The molecule has 0 radical (unpaired) electrons. The molecular formula is C13H7F5O3. The van der Waals surface area contributed by atoms with E-state index < -0.39 is 46.8 Å². The lowest BCUT2D eigenvalue weighted by atomic mass is 9.96. The molecule has 3 nitrogen and oxygen atoms in total. The van der Waals surface area contributed by atoms with Gasteiger partial charge in [-0.05, 0) is 19.1 Å². The SMILES string of the molecule is C[C@]1(C(F)(F)F)Cc2c(c(=O)oc3c(F)c(F)ccc23)O1. The van der Waals surface area contributed by atoms with Gasteiger partial charge in [0.1, 0.15) is 0 Å². The maximum Gasteiger partial charge on any atom is 0.428 e. The molecule has 0 aliphatic carbocycles. The van der Waals surface area contributed by atoms with Crippen LogP contribution in [0.25, 0.3) is 11.0 Å². The minimum Gasteiger partial charge on any atom is -0.470 e. The lowest BCUT2D eigenvalue weighted by molar-refractivity contribution is -0.235. The highest BCUT2D eigenvalue weighted by Crippen LogP contribution is 2.45. The second kappa shape index (κ2) is 3.96. The molecule has 112 valence electrons. The van der Waals surface area contributed by atoms with Gasteiger partial charge in [0.25, 0.3) is 0 Å². The fourth-order valence-electron chi connectivity index (χ4n) is 2.29. The summed E-state index contributed by atoms with van der Waals surface area (Å²) in [5, 5.41) is -0.114. The number of alkyl halides is 3. The van der Waals surface area contributed by atoms with Crippen LogP contribution in [0.5, 0.6) is 5.75 Å². The van der Waals surface area contributed by atoms with Crippen LogP contribution in [0.1, 0.15) is 12.5 Å². The molecule has 0 N–H and O–H groups in total. The van der Waals surface area contributed by atoms with E-state index in [1.807, 2.05) is 0 Å². The molecule has 0 amide bonds. The normalized spacial score (nSPS) is 21.4. The molecule has 1 aliphatic heterocycles. The van der Waals surface area contributed by atoms with Gasteiger partial charge in [0.15, 0.2) is 11.4 Å². The second-order valence-corrected chi connectivity index (χ2v) is 4.94. The standard InChI is InChI=1S/C13H7F5O3/c1-12(13(16,17)18)4-6-5-2-3-7(14)8(15)9(5)20-11(19)10(6)21-12/h2-3H,4H2,1H3/t12-/m1/s1. The molecule has 0 bridgehead atoms. The zero-order valence-corrected chi connectivity index (χ0v) is 10.5. The number of ether oxygens (including phenoxy) is 1. The Labute approximate surface area is 113 Å². The van der Waals surface area contributed by atoms with Crippen LogP contribution in [0.15, 0.2) is 21.3 Å². The zero-order valence-electron chi connectivity index (χ0n) is 10.5. The van der Waals surface area contributed by atoms with Crippen molar-refractivity contribution in [3.8, 4) is 5.75 Å². The summed E-state index contributed by atoms with van der Waals surface area (Å²) in [7, 11) is 0. The van der Waals surface area contributed by atoms with Gasteiger partial charge in [0.05, 0.1) is 0 Å². The summed E-state index contributed by atoms with van der Waals surface area (Å²) < 4.78 is 75.0. The summed E-state index contributed by atoms with van der Waals surface area (Å²) in [6.07, 6.45) is -5.41. The number of hydrogen-bond acceptors (Lipinski definition) is 3. The summed E-state index contributed by atoms with van der Waals surface area (Å²) in [6.45, 7) is 0.776. The van der Waals surface area contributed by atoms with Gasteiger partial charge in [0, 0.05) is 17.4 Å². The van der Waals surface area contributed by atoms with E-state index in [2.05, 4.69) is 4.42 Å². The molecule has 1 atom stereocenters. The van der Waals surface area contributed by atoms with Crippen molar-refractivity contribution >= 4 is 11.0 Å². The van der Waals surface area contributed by atoms with Crippen LogP contribution >= 0.6 is 0 Å². The van der Waals surface area contributed by atoms with Gasteiger partial charge in [-0.25, -0.2) is 9.18 Å². The van der Waals surface area contributed by atoms with Gasteiger partial charge < -0.3 is 9.15 Å². The van der Waals surface area contributed by atoms with Crippen LogP contribution in [0.2, 0.25) is 0 Å². The Balaban J connectivity index is 2.31. The molecule has 1 aliphatic rings. The van der Waals surface area contributed by atoms with Gasteiger partial charge in [-0.1, -0.05) is 0 Å². The highest BCUT2D eigenvalue weighted by Gasteiger charge is 2.58. The third kappa shape index (κ3) is 1.81. The van der Waals surface area contributed by atoms with Crippen LogP contribution in [0.3, 0.4) is 0 Å². The first-order valence-electron chi connectivity index (χ1n) is 5.83. The number of rotatable bonds is 0. The van der Waals surface area contributed by atoms with Gasteiger partial charge in [0.2, 0.25) is 17.2 Å². The molecule has 0 unspecified atom stereocenters. The maximum atomic E-state index is 13.6. The van der Waals surface area contributed by atoms with Crippen molar-refractivity contribution < 1.29 is 31.1 Å². The predicted octanol–water partition coefficient (Wildman–Crippen LogP) is 3.33. The fraction of sp³-hybridized carbons (Fsp3) is 0.308. The summed E-state index contributed by atoms with van der Waals surface area (Å²) in [5.41, 5.74) is -4.73. The first-order valence-corrected chi connectivity index (χ1v) is 5.83. The summed E-state index contributed by atoms with van der Waals surface area (Å²) in [5.74, 6) is -3.30. The Hall–Kier alpha value is -2.12. The van der Waals surface area contributed by atoms with Crippen LogP contribution in [-0.2, 0) is 6.42 Å². The molecule has 0 spiro atoms. The molecule has 8 heteroatoms. The first-order chi connectivity index (χ1) is 9.64. The molecule has 3 rings (SSSR count). The van der Waals surface area contributed by atoms with E-state index >= 15 is 0 Å². The molecule has 0 saturated carbocycles. The van der Waals surface area contributed by atoms with E-state index in [1.165, 1.54) is 0 Å². The van der Waals surface area contributed by atoms with Gasteiger partial charge in [-0.2, -0.15) is 17.6 Å². The molecule has 2 heterocycles. The third-order valence-corrected chi connectivity index (χ3v) is 3.47. The van der Waals surface area contributed by atoms with Crippen LogP contribution < -0.4 is 10.4 Å². The average molecular weight is 306 g/mol. The monoisotopic (exact) mass is 306 g/mol. The topological polar surface area (TPSA) is 39.4 Å². The first kappa shape index (κ1) is 13.8. The Bertz CT molecular complexity index is 808. The largest absolute Gasteiger partial charge is 0.470 e. The van der Waals surface area contributed by atoms with Crippen LogP contribution in [-0.4, -0.2) is 11.8 Å². The lowest BCUT2D eigenvalue weighted by Crippen LogP contribution is -2.46. The van der Waals surface area contributed by atoms with Crippen LogP contribution in [0, 0.1) is 11.6 Å². The van der Waals surface area contributed by atoms with E-state index in [0.717, 1.165) is 19.1 Å². The second-order valence-electron chi connectivity index (χ2n) is 4.94. The van der Waals surface area contributed by atoms with E-state index in [1.54, 1.807) is 0 Å². The van der Waals surface area contributed by atoms with Crippen LogP contribution in [0.4, 0.5) is 22.0 Å². The van der Waals surface area contributed by atoms with Gasteiger partial charge in [-0.15, -0.1) is 0 Å².